The Labute approximate surface area is 108 Å². The fourth-order valence-electron chi connectivity index (χ4n) is 2.28. The van der Waals surface area contributed by atoms with E-state index in [1.165, 1.54) is 12.7 Å². The first-order chi connectivity index (χ1) is 8.79. The minimum Gasteiger partial charge on any atom is -0.468 e. The molecular weight excluding hydrogens is 228 g/mol. The summed E-state index contributed by atoms with van der Waals surface area (Å²) in [6.45, 7) is 3.47. The molecule has 0 aliphatic carbocycles. The third kappa shape index (κ3) is 3.55. The predicted molar refractivity (Wildman–Crippen MR) is 70.1 cm³/mol. The van der Waals surface area contributed by atoms with E-state index in [1.807, 2.05) is 18.2 Å². The molecule has 1 N–H and O–H groups in total. The highest BCUT2D eigenvalue weighted by Gasteiger charge is 2.24. The summed E-state index contributed by atoms with van der Waals surface area (Å²) in [4.78, 5) is 13.9. The number of benzene rings is 1. The number of hydrogen-bond donors (Lipinski definition) is 1. The van der Waals surface area contributed by atoms with Crippen molar-refractivity contribution in [2.24, 2.45) is 0 Å². The van der Waals surface area contributed by atoms with Crippen LogP contribution in [0.4, 0.5) is 0 Å². The summed E-state index contributed by atoms with van der Waals surface area (Å²) in [7, 11) is 1.44. The zero-order valence-corrected chi connectivity index (χ0v) is 10.8. The Kier molecular flexibility index (Phi) is 4.73. The number of rotatable bonds is 3. The predicted octanol–water partition coefficient (Wildman–Crippen LogP) is 1.02. The molecular formula is C14H20N2O2. The monoisotopic (exact) mass is 248 g/mol. The van der Waals surface area contributed by atoms with Crippen molar-refractivity contribution in [3.05, 3.63) is 35.9 Å². The van der Waals surface area contributed by atoms with Crippen molar-refractivity contribution in [2.45, 2.75) is 19.0 Å². The minimum atomic E-state index is -0.207. The van der Waals surface area contributed by atoms with Crippen molar-refractivity contribution >= 4 is 5.97 Å². The number of hydrogen-bond acceptors (Lipinski definition) is 4. The zero-order chi connectivity index (χ0) is 12.8. The van der Waals surface area contributed by atoms with Gasteiger partial charge in [0, 0.05) is 13.1 Å². The number of esters is 1. The normalized spacial score (nSPS) is 21.3. The highest BCUT2D eigenvalue weighted by molar-refractivity contribution is 5.75. The Balaban J connectivity index is 1.97. The van der Waals surface area contributed by atoms with Crippen LogP contribution in [0.5, 0.6) is 0 Å². The lowest BCUT2D eigenvalue weighted by Gasteiger charge is -2.22. The zero-order valence-electron chi connectivity index (χ0n) is 10.8. The molecule has 4 nitrogen and oxygen atoms in total. The van der Waals surface area contributed by atoms with Crippen LogP contribution in [0.1, 0.15) is 12.0 Å². The third-order valence-electron chi connectivity index (χ3n) is 3.22. The van der Waals surface area contributed by atoms with Gasteiger partial charge >= 0.3 is 5.97 Å². The Bertz CT molecular complexity index is 381. The largest absolute Gasteiger partial charge is 0.468 e. The van der Waals surface area contributed by atoms with Crippen LogP contribution in [-0.4, -0.2) is 43.7 Å². The number of ether oxygens (including phenoxy) is 1. The van der Waals surface area contributed by atoms with Gasteiger partial charge in [0.15, 0.2) is 0 Å². The van der Waals surface area contributed by atoms with Gasteiger partial charge in [-0.15, -0.1) is 0 Å². The van der Waals surface area contributed by atoms with Gasteiger partial charge in [-0.05, 0) is 25.1 Å². The third-order valence-corrected chi connectivity index (χ3v) is 3.22. The molecule has 0 aromatic heterocycles. The van der Waals surface area contributed by atoms with Gasteiger partial charge in [0.05, 0.1) is 7.11 Å². The number of nitrogens with zero attached hydrogens (tertiary/aromatic N) is 1. The first kappa shape index (κ1) is 13.1. The summed E-state index contributed by atoms with van der Waals surface area (Å²) >= 11 is 0. The molecule has 0 bridgehead atoms. The van der Waals surface area contributed by atoms with Gasteiger partial charge in [-0.3, -0.25) is 9.69 Å². The van der Waals surface area contributed by atoms with E-state index in [4.69, 9.17) is 4.74 Å². The lowest BCUT2D eigenvalue weighted by molar-refractivity contribution is -0.143. The Morgan fingerprint density at radius 1 is 1.44 bits per heavy atom. The number of carbonyl (C=O) groups excluding carboxylic acids is 1. The highest BCUT2D eigenvalue weighted by Crippen LogP contribution is 2.08. The van der Waals surface area contributed by atoms with Crippen molar-refractivity contribution in [2.75, 3.05) is 26.7 Å². The summed E-state index contributed by atoms with van der Waals surface area (Å²) in [5.74, 6) is -0.171. The minimum absolute atomic E-state index is 0.171. The Hall–Kier alpha value is -1.39. The molecule has 1 aliphatic heterocycles. The second kappa shape index (κ2) is 6.52. The quantitative estimate of drug-likeness (QED) is 0.811. The lowest BCUT2D eigenvalue weighted by atomic mass is 10.2. The van der Waals surface area contributed by atoms with Crippen molar-refractivity contribution in [1.82, 2.24) is 10.2 Å². The van der Waals surface area contributed by atoms with Gasteiger partial charge in [0.2, 0.25) is 0 Å². The van der Waals surface area contributed by atoms with Crippen molar-refractivity contribution in [1.29, 1.82) is 0 Å². The standard InChI is InChI=1S/C14H20N2O2/c1-18-14(17)13-11-16(9-5-8-15-13)10-12-6-3-2-4-7-12/h2-4,6-7,13,15H,5,8-11H2,1H3/t13-/m1/s1. The van der Waals surface area contributed by atoms with Crippen molar-refractivity contribution < 1.29 is 9.53 Å². The van der Waals surface area contributed by atoms with Crippen LogP contribution in [0.15, 0.2) is 30.3 Å². The second-order valence-electron chi connectivity index (χ2n) is 4.60. The van der Waals surface area contributed by atoms with Gasteiger partial charge < -0.3 is 10.1 Å². The van der Waals surface area contributed by atoms with E-state index in [9.17, 15) is 4.79 Å². The molecule has 1 aromatic rings. The van der Waals surface area contributed by atoms with E-state index in [-0.39, 0.29) is 12.0 Å². The first-order valence-electron chi connectivity index (χ1n) is 6.37. The molecule has 0 unspecified atom stereocenters. The maximum Gasteiger partial charge on any atom is 0.324 e. The number of nitrogens with one attached hydrogen (secondary N) is 1. The van der Waals surface area contributed by atoms with E-state index in [2.05, 4.69) is 22.3 Å². The fourth-order valence-corrected chi connectivity index (χ4v) is 2.28. The molecule has 0 saturated carbocycles. The molecule has 1 heterocycles. The molecule has 1 aliphatic rings. The summed E-state index contributed by atoms with van der Waals surface area (Å²) in [6, 6.07) is 10.1. The van der Waals surface area contributed by atoms with Gasteiger partial charge in [-0.25, -0.2) is 0 Å². The molecule has 1 atom stereocenters. The SMILES string of the molecule is COC(=O)[C@H]1CN(Cc2ccccc2)CCCN1. The molecule has 1 aromatic carbocycles. The van der Waals surface area contributed by atoms with E-state index >= 15 is 0 Å². The van der Waals surface area contributed by atoms with Crippen LogP contribution in [-0.2, 0) is 16.1 Å². The molecule has 0 radical (unpaired) electrons. The first-order valence-corrected chi connectivity index (χ1v) is 6.37. The van der Waals surface area contributed by atoms with Crippen LogP contribution >= 0.6 is 0 Å². The van der Waals surface area contributed by atoms with Crippen LogP contribution in [0.3, 0.4) is 0 Å². The highest BCUT2D eigenvalue weighted by atomic mass is 16.5. The molecule has 1 saturated heterocycles. The second-order valence-corrected chi connectivity index (χ2v) is 4.60. The molecule has 1 fully saturated rings. The van der Waals surface area contributed by atoms with E-state index < -0.39 is 0 Å². The van der Waals surface area contributed by atoms with Crippen molar-refractivity contribution in [3.63, 3.8) is 0 Å². The average Bonchev–Trinajstić information content (AvgIpc) is 2.65. The summed E-state index contributed by atoms with van der Waals surface area (Å²) in [5, 5.41) is 3.23. The van der Waals surface area contributed by atoms with Crippen LogP contribution < -0.4 is 5.32 Å². The van der Waals surface area contributed by atoms with Gasteiger partial charge in [-0.1, -0.05) is 30.3 Å². The summed E-state index contributed by atoms with van der Waals surface area (Å²) in [5.41, 5.74) is 1.28. The van der Waals surface area contributed by atoms with Gasteiger partial charge in [0.1, 0.15) is 6.04 Å². The number of carbonyl (C=O) groups is 1. The maximum absolute atomic E-state index is 11.6. The Morgan fingerprint density at radius 3 is 2.94 bits per heavy atom. The van der Waals surface area contributed by atoms with E-state index in [0.29, 0.717) is 6.54 Å². The molecule has 0 amide bonds. The van der Waals surface area contributed by atoms with Crippen molar-refractivity contribution in [3.8, 4) is 0 Å². The van der Waals surface area contributed by atoms with Crippen LogP contribution in [0.25, 0.3) is 0 Å². The fraction of sp³-hybridized carbons (Fsp3) is 0.500. The molecule has 98 valence electrons. The summed E-state index contributed by atoms with van der Waals surface area (Å²) < 4.78 is 4.82. The van der Waals surface area contributed by atoms with E-state index in [0.717, 1.165) is 26.1 Å². The number of methoxy groups -OCH3 is 1. The summed E-state index contributed by atoms with van der Waals surface area (Å²) in [6.07, 6.45) is 1.06. The molecule has 18 heavy (non-hydrogen) atoms. The Morgan fingerprint density at radius 2 is 2.22 bits per heavy atom. The lowest BCUT2D eigenvalue weighted by Crippen LogP contribution is -2.43. The van der Waals surface area contributed by atoms with Crippen LogP contribution in [0, 0.1) is 0 Å². The van der Waals surface area contributed by atoms with Gasteiger partial charge in [0.25, 0.3) is 0 Å². The average molecular weight is 248 g/mol. The maximum atomic E-state index is 11.6. The molecule has 4 heteroatoms. The smallest absolute Gasteiger partial charge is 0.324 e. The van der Waals surface area contributed by atoms with E-state index in [1.54, 1.807) is 0 Å². The van der Waals surface area contributed by atoms with Gasteiger partial charge in [-0.2, -0.15) is 0 Å². The molecule has 2 rings (SSSR count). The molecule has 0 spiro atoms. The topological polar surface area (TPSA) is 41.6 Å². The van der Waals surface area contributed by atoms with Crippen LogP contribution in [0.2, 0.25) is 0 Å².